The van der Waals surface area contributed by atoms with Gasteiger partial charge in [-0.25, -0.2) is 4.79 Å². The predicted octanol–water partition coefficient (Wildman–Crippen LogP) is 5.46. The minimum Gasteiger partial charge on any atom is -0.497 e. The van der Waals surface area contributed by atoms with Crippen LogP contribution < -0.4 is 24.3 Å². The number of para-hydroxylation sites is 2. The molecule has 0 bridgehead atoms. The number of carbonyl (C=O) groups is 2. The lowest BCUT2D eigenvalue weighted by molar-refractivity contribution is -0.149. The molecule has 10 nitrogen and oxygen atoms in total. The Morgan fingerprint density at radius 3 is 1.98 bits per heavy atom. The summed E-state index contributed by atoms with van der Waals surface area (Å²) >= 11 is 0. The lowest BCUT2D eigenvalue weighted by Gasteiger charge is -2.11. The number of benzene rings is 3. The highest BCUT2D eigenvalue weighted by Crippen LogP contribution is 2.42. The van der Waals surface area contributed by atoms with Gasteiger partial charge >= 0.3 is 5.97 Å². The molecule has 0 fully saturated rings. The van der Waals surface area contributed by atoms with Crippen LogP contribution in [0.3, 0.4) is 0 Å². The van der Waals surface area contributed by atoms with Gasteiger partial charge in [-0.05, 0) is 61.0 Å². The first-order valence-electron chi connectivity index (χ1n) is 12.6. The molecule has 10 heteroatoms. The van der Waals surface area contributed by atoms with E-state index in [1.165, 1.54) is 0 Å². The Morgan fingerprint density at radius 2 is 1.41 bits per heavy atom. The third-order valence-electron chi connectivity index (χ3n) is 5.86. The molecule has 0 unspecified atom stereocenters. The van der Waals surface area contributed by atoms with Crippen LogP contribution in [0.4, 0.5) is 5.88 Å². The molecule has 3 aromatic carbocycles. The van der Waals surface area contributed by atoms with Crippen LogP contribution in [0, 0.1) is 11.3 Å². The van der Waals surface area contributed by atoms with Crippen LogP contribution in [0.2, 0.25) is 0 Å². The van der Waals surface area contributed by atoms with Gasteiger partial charge in [0, 0.05) is 11.1 Å². The first-order valence-corrected chi connectivity index (χ1v) is 12.6. The average Bonchev–Trinajstić information content (AvgIpc) is 3.37. The SMILES string of the molecule is CCOc1ccccc1OCC(=O)OCC(=O)Nc1oc(-c2ccc(OC)cc2)c(-c2ccc(OC)cc2)c1C#N. The van der Waals surface area contributed by atoms with Crippen LogP contribution in [0.25, 0.3) is 22.5 Å². The Labute approximate surface area is 237 Å². The van der Waals surface area contributed by atoms with Gasteiger partial charge in [-0.2, -0.15) is 5.26 Å². The number of methoxy groups -OCH3 is 2. The number of hydrogen-bond acceptors (Lipinski definition) is 9. The van der Waals surface area contributed by atoms with Crippen molar-refractivity contribution in [2.24, 2.45) is 0 Å². The lowest BCUT2D eigenvalue weighted by Crippen LogP contribution is -2.23. The van der Waals surface area contributed by atoms with Crippen LogP contribution >= 0.6 is 0 Å². The van der Waals surface area contributed by atoms with Gasteiger partial charge in [-0.1, -0.05) is 24.3 Å². The third-order valence-corrected chi connectivity index (χ3v) is 5.86. The summed E-state index contributed by atoms with van der Waals surface area (Å²) in [5, 5.41) is 12.6. The Morgan fingerprint density at radius 1 is 0.829 bits per heavy atom. The molecular weight excluding hydrogens is 528 g/mol. The zero-order valence-corrected chi connectivity index (χ0v) is 22.8. The fourth-order valence-corrected chi connectivity index (χ4v) is 3.94. The van der Waals surface area contributed by atoms with Crippen molar-refractivity contribution in [3.05, 3.63) is 78.4 Å². The standard InChI is InChI=1S/C31H28N2O8/c1-4-38-25-7-5-6-8-26(25)39-19-28(35)40-18-27(34)33-31-24(17-32)29(20-9-13-22(36-2)14-10-20)30(41-31)21-11-15-23(37-3)16-12-21/h5-16H,4,18-19H2,1-3H3,(H,33,34). The smallest absolute Gasteiger partial charge is 0.344 e. The van der Waals surface area contributed by atoms with Gasteiger partial charge in [-0.15, -0.1) is 0 Å². The molecule has 1 amide bonds. The third kappa shape index (κ3) is 6.96. The summed E-state index contributed by atoms with van der Waals surface area (Å²) in [5.41, 5.74) is 1.92. The normalized spacial score (nSPS) is 10.3. The van der Waals surface area contributed by atoms with Gasteiger partial charge in [0.05, 0.1) is 20.8 Å². The van der Waals surface area contributed by atoms with Crippen molar-refractivity contribution in [1.29, 1.82) is 5.26 Å². The summed E-state index contributed by atoms with van der Waals surface area (Å²) in [4.78, 5) is 24.9. The highest BCUT2D eigenvalue weighted by Gasteiger charge is 2.25. The van der Waals surface area contributed by atoms with E-state index >= 15 is 0 Å². The number of nitriles is 1. The molecule has 0 radical (unpaired) electrons. The van der Waals surface area contributed by atoms with E-state index in [9.17, 15) is 14.9 Å². The quantitative estimate of drug-likeness (QED) is 0.226. The Kier molecular flexibility index (Phi) is 9.46. The minimum atomic E-state index is -0.760. The molecule has 0 saturated carbocycles. The van der Waals surface area contributed by atoms with Crippen molar-refractivity contribution in [3.63, 3.8) is 0 Å². The molecule has 0 saturated heterocycles. The average molecular weight is 557 g/mol. The molecule has 0 atom stereocenters. The molecule has 4 aromatic rings. The number of furan rings is 1. The number of ether oxygens (including phenoxy) is 5. The molecule has 0 aliphatic heterocycles. The van der Waals surface area contributed by atoms with E-state index in [-0.39, 0.29) is 11.4 Å². The fraction of sp³-hybridized carbons (Fsp3) is 0.194. The van der Waals surface area contributed by atoms with Crippen molar-refractivity contribution in [2.45, 2.75) is 6.92 Å². The Hall–Kier alpha value is -5.43. The van der Waals surface area contributed by atoms with E-state index in [0.717, 1.165) is 0 Å². The van der Waals surface area contributed by atoms with E-state index < -0.39 is 25.1 Å². The van der Waals surface area contributed by atoms with Crippen molar-refractivity contribution in [3.8, 4) is 51.5 Å². The van der Waals surface area contributed by atoms with Gasteiger partial charge in [0.25, 0.3) is 5.91 Å². The number of nitrogens with one attached hydrogen (secondary N) is 1. The molecule has 1 heterocycles. The van der Waals surface area contributed by atoms with Gasteiger partial charge in [-0.3, -0.25) is 10.1 Å². The predicted molar refractivity (Wildman–Crippen MR) is 150 cm³/mol. The topological polar surface area (TPSA) is 129 Å². The monoisotopic (exact) mass is 556 g/mol. The second-order valence-electron chi connectivity index (χ2n) is 8.46. The molecule has 0 spiro atoms. The number of nitrogens with zero attached hydrogens (tertiary/aromatic N) is 1. The maximum Gasteiger partial charge on any atom is 0.344 e. The van der Waals surface area contributed by atoms with E-state index in [4.69, 9.17) is 28.1 Å². The highest BCUT2D eigenvalue weighted by atomic mass is 16.6. The van der Waals surface area contributed by atoms with E-state index in [0.29, 0.717) is 52.1 Å². The maximum absolute atomic E-state index is 12.7. The number of hydrogen-bond donors (Lipinski definition) is 1. The largest absolute Gasteiger partial charge is 0.497 e. The fourth-order valence-electron chi connectivity index (χ4n) is 3.94. The molecule has 41 heavy (non-hydrogen) atoms. The summed E-state index contributed by atoms with van der Waals surface area (Å²) in [5.74, 6) is 0.986. The Balaban J connectivity index is 1.51. The van der Waals surface area contributed by atoms with Gasteiger partial charge in [0.2, 0.25) is 5.88 Å². The van der Waals surface area contributed by atoms with Crippen molar-refractivity contribution in [2.75, 3.05) is 39.4 Å². The van der Waals surface area contributed by atoms with Crippen LogP contribution in [0.1, 0.15) is 12.5 Å². The zero-order chi connectivity index (χ0) is 29.2. The van der Waals surface area contributed by atoms with Crippen molar-refractivity contribution >= 4 is 17.8 Å². The molecule has 4 rings (SSSR count). The summed E-state index contributed by atoms with van der Waals surface area (Å²) in [6, 6.07) is 23.2. The zero-order valence-electron chi connectivity index (χ0n) is 22.8. The van der Waals surface area contributed by atoms with Crippen LogP contribution in [-0.2, 0) is 14.3 Å². The second-order valence-corrected chi connectivity index (χ2v) is 8.46. The summed E-state index contributed by atoms with van der Waals surface area (Å²) < 4.78 is 32.5. The molecule has 1 aromatic heterocycles. The maximum atomic E-state index is 12.7. The molecule has 0 aliphatic carbocycles. The first kappa shape index (κ1) is 28.6. The number of rotatable bonds is 12. The van der Waals surface area contributed by atoms with Crippen LogP contribution in [-0.4, -0.2) is 45.9 Å². The summed E-state index contributed by atoms with van der Waals surface area (Å²) in [7, 11) is 3.12. The van der Waals surface area contributed by atoms with E-state index in [1.54, 1.807) is 87.0 Å². The second kappa shape index (κ2) is 13.6. The van der Waals surface area contributed by atoms with Gasteiger partial charge in [0.15, 0.2) is 24.7 Å². The molecule has 210 valence electrons. The number of amides is 1. The van der Waals surface area contributed by atoms with Gasteiger partial charge < -0.3 is 28.1 Å². The highest BCUT2D eigenvalue weighted by molar-refractivity contribution is 5.96. The summed E-state index contributed by atoms with van der Waals surface area (Å²) in [6.07, 6.45) is 0. The van der Waals surface area contributed by atoms with Gasteiger partial charge in [0.1, 0.15) is 28.9 Å². The molecular formula is C31H28N2O8. The van der Waals surface area contributed by atoms with Crippen LogP contribution in [0.5, 0.6) is 23.0 Å². The Bertz CT molecular complexity index is 1540. The van der Waals surface area contributed by atoms with Crippen molar-refractivity contribution < 1.29 is 37.7 Å². The molecule has 1 N–H and O–H groups in total. The molecule has 0 aliphatic rings. The number of carbonyl (C=O) groups excluding carboxylic acids is 2. The van der Waals surface area contributed by atoms with Crippen molar-refractivity contribution in [1.82, 2.24) is 0 Å². The number of anilines is 1. The number of esters is 1. The summed E-state index contributed by atoms with van der Waals surface area (Å²) in [6.45, 7) is 1.23. The lowest BCUT2D eigenvalue weighted by atomic mass is 9.98. The van der Waals surface area contributed by atoms with E-state index in [1.807, 2.05) is 6.92 Å². The first-order chi connectivity index (χ1) is 20.0. The van der Waals surface area contributed by atoms with Crippen LogP contribution in [0.15, 0.2) is 77.2 Å². The van der Waals surface area contributed by atoms with E-state index in [2.05, 4.69) is 11.4 Å². The minimum absolute atomic E-state index is 0.0768.